The second-order valence-corrected chi connectivity index (χ2v) is 4.97. The molecule has 4 heteroatoms. The number of aromatic nitrogens is 1. The first-order valence-corrected chi connectivity index (χ1v) is 6.47. The van der Waals surface area contributed by atoms with Crippen LogP contribution in [0.4, 0.5) is 4.39 Å². The van der Waals surface area contributed by atoms with E-state index in [2.05, 4.69) is 4.98 Å². The van der Waals surface area contributed by atoms with Crippen LogP contribution in [0.2, 0.25) is 0 Å². The van der Waals surface area contributed by atoms with Crippen LogP contribution in [0.5, 0.6) is 0 Å². The number of carbonyl (C=O) groups excluding carboxylic acids is 1. The van der Waals surface area contributed by atoms with Crippen molar-refractivity contribution < 1.29 is 9.18 Å². The molecule has 0 radical (unpaired) electrons. The molecule has 92 valence electrons. The van der Waals surface area contributed by atoms with Gasteiger partial charge in [-0.25, -0.2) is 4.39 Å². The summed E-state index contributed by atoms with van der Waals surface area (Å²) in [6, 6.07) is 7.94. The molecule has 2 aromatic rings. The number of hydrogen-bond donors (Lipinski definition) is 0. The van der Waals surface area contributed by atoms with Gasteiger partial charge in [-0.05, 0) is 42.8 Å². The van der Waals surface area contributed by atoms with Crippen molar-refractivity contribution in [3.8, 4) is 0 Å². The van der Waals surface area contributed by atoms with E-state index in [1.807, 2.05) is 13.0 Å². The molecule has 0 saturated carbocycles. The van der Waals surface area contributed by atoms with Crippen molar-refractivity contribution in [1.29, 1.82) is 0 Å². The fraction of sp³-hybridized carbons (Fsp3) is 0.143. The van der Waals surface area contributed by atoms with E-state index in [1.54, 1.807) is 24.5 Å². The van der Waals surface area contributed by atoms with E-state index in [4.69, 9.17) is 0 Å². The second-order valence-electron chi connectivity index (χ2n) is 3.92. The van der Waals surface area contributed by atoms with E-state index < -0.39 is 0 Å². The van der Waals surface area contributed by atoms with Crippen molar-refractivity contribution in [2.45, 2.75) is 11.8 Å². The van der Waals surface area contributed by atoms with Gasteiger partial charge in [-0.2, -0.15) is 0 Å². The van der Waals surface area contributed by atoms with E-state index in [9.17, 15) is 9.18 Å². The monoisotopic (exact) mass is 261 g/mol. The van der Waals surface area contributed by atoms with Gasteiger partial charge in [-0.15, -0.1) is 11.8 Å². The highest BCUT2D eigenvalue weighted by Crippen LogP contribution is 2.19. The number of thioether (sulfide) groups is 1. The van der Waals surface area contributed by atoms with E-state index in [0.717, 1.165) is 10.5 Å². The Hall–Kier alpha value is -1.68. The lowest BCUT2D eigenvalue weighted by Crippen LogP contribution is -2.03. The SMILES string of the molecule is Cc1cncc(C(=O)CSc2ccc(F)cc2)c1. The summed E-state index contributed by atoms with van der Waals surface area (Å²) in [4.78, 5) is 16.8. The summed E-state index contributed by atoms with van der Waals surface area (Å²) in [6.07, 6.45) is 3.28. The number of rotatable bonds is 4. The number of pyridine rings is 1. The van der Waals surface area contributed by atoms with Crippen molar-refractivity contribution >= 4 is 17.5 Å². The number of Topliss-reactive ketones (excluding diaryl/α,β-unsaturated/α-hetero) is 1. The van der Waals surface area contributed by atoms with Crippen molar-refractivity contribution in [2.24, 2.45) is 0 Å². The molecule has 2 nitrogen and oxygen atoms in total. The number of benzene rings is 1. The van der Waals surface area contributed by atoms with Gasteiger partial charge in [0.15, 0.2) is 5.78 Å². The molecule has 0 aliphatic rings. The molecular weight excluding hydrogens is 249 g/mol. The van der Waals surface area contributed by atoms with E-state index >= 15 is 0 Å². The van der Waals surface area contributed by atoms with E-state index in [-0.39, 0.29) is 11.6 Å². The number of carbonyl (C=O) groups is 1. The Morgan fingerprint density at radius 1 is 1.28 bits per heavy atom. The van der Waals surface area contributed by atoms with Gasteiger partial charge in [-0.1, -0.05) is 0 Å². The lowest BCUT2D eigenvalue weighted by atomic mass is 10.2. The molecule has 1 aromatic carbocycles. The maximum Gasteiger partial charge on any atom is 0.174 e. The minimum atomic E-state index is -0.270. The number of hydrogen-bond acceptors (Lipinski definition) is 3. The van der Waals surface area contributed by atoms with Crippen LogP contribution < -0.4 is 0 Å². The summed E-state index contributed by atoms with van der Waals surface area (Å²) < 4.78 is 12.7. The second kappa shape index (κ2) is 5.78. The summed E-state index contributed by atoms with van der Waals surface area (Å²) in [5, 5.41) is 0. The van der Waals surface area contributed by atoms with Gasteiger partial charge >= 0.3 is 0 Å². The quantitative estimate of drug-likeness (QED) is 0.623. The zero-order chi connectivity index (χ0) is 13.0. The highest BCUT2D eigenvalue weighted by Gasteiger charge is 2.07. The third-order valence-electron chi connectivity index (χ3n) is 2.38. The van der Waals surface area contributed by atoms with Crippen molar-refractivity contribution in [3.05, 3.63) is 59.7 Å². The fourth-order valence-electron chi connectivity index (χ4n) is 1.47. The van der Waals surface area contributed by atoms with Gasteiger partial charge in [-0.3, -0.25) is 9.78 Å². The first-order valence-electron chi connectivity index (χ1n) is 5.48. The lowest BCUT2D eigenvalue weighted by molar-refractivity contribution is 0.102. The van der Waals surface area contributed by atoms with Crippen molar-refractivity contribution in [3.63, 3.8) is 0 Å². The molecule has 0 spiro atoms. The highest BCUT2D eigenvalue weighted by molar-refractivity contribution is 8.00. The molecule has 18 heavy (non-hydrogen) atoms. The Balaban J connectivity index is 1.98. The highest BCUT2D eigenvalue weighted by atomic mass is 32.2. The van der Waals surface area contributed by atoms with Gasteiger partial charge in [0, 0.05) is 22.9 Å². The number of ketones is 1. The van der Waals surface area contributed by atoms with Gasteiger partial charge in [0.25, 0.3) is 0 Å². The van der Waals surface area contributed by atoms with Crippen molar-refractivity contribution in [2.75, 3.05) is 5.75 Å². The Morgan fingerprint density at radius 3 is 2.67 bits per heavy atom. The van der Waals surface area contributed by atoms with E-state index in [1.165, 1.54) is 23.9 Å². The number of aryl methyl sites for hydroxylation is 1. The van der Waals surface area contributed by atoms with Crippen molar-refractivity contribution in [1.82, 2.24) is 4.98 Å². The lowest BCUT2D eigenvalue weighted by Gasteiger charge is -2.02. The minimum absolute atomic E-state index is 0.0283. The van der Waals surface area contributed by atoms with Crippen LogP contribution in [0.25, 0.3) is 0 Å². The summed E-state index contributed by atoms with van der Waals surface area (Å²) >= 11 is 1.39. The molecule has 0 N–H and O–H groups in total. The third kappa shape index (κ3) is 3.40. The zero-order valence-electron chi connectivity index (χ0n) is 9.89. The molecule has 0 bridgehead atoms. The minimum Gasteiger partial charge on any atom is -0.293 e. The number of halogens is 1. The van der Waals surface area contributed by atoms with Crippen LogP contribution >= 0.6 is 11.8 Å². The normalized spacial score (nSPS) is 10.3. The summed E-state index contributed by atoms with van der Waals surface area (Å²) in [5.41, 5.74) is 1.58. The molecule has 0 unspecified atom stereocenters. The van der Waals surface area contributed by atoms with Gasteiger partial charge < -0.3 is 0 Å². The smallest absolute Gasteiger partial charge is 0.174 e. The predicted octanol–water partition coefficient (Wildman–Crippen LogP) is 3.50. The Kier molecular flexibility index (Phi) is 4.10. The predicted molar refractivity (Wildman–Crippen MR) is 70.4 cm³/mol. The maximum absolute atomic E-state index is 12.7. The molecule has 2 rings (SSSR count). The van der Waals surface area contributed by atoms with Gasteiger partial charge in [0.05, 0.1) is 5.75 Å². The average molecular weight is 261 g/mol. The first kappa shape index (κ1) is 12.8. The van der Waals surface area contributed by atoms with Gasteiger partial charge in [0.2, 0.25) is 0 Å². The molecule has 1 aromatic heterocycles. The molecule has 0 amide bonds. The van der Waals surface area contributed by atoms with Crippen LogP contribution in [-0.2, 0) is 0 Å². The fourth-order valence-corrected chi connectivity index (χ4v) is 2.26. The van der Waals surface area contributed by atoms with Crippen LogP contribution in [0.15, 0.2) is 47.6 Å². The molecular formula is C14H12FNOS. The van der Waals surface area contributed by atoms with E-state index in [0.29, 0.717) is 11.3 Å². The molecule has 0 aliphatic carbocycles. The van der Waals surface area contributed by atoms with Crippen LogP contribution in [0.1, 0.15) is 15.9 Å². The molecule has 0 fully saturated rings. The average Bonchev–Trinajstić information content (AvgIpc) is 2.38. The Bertz CT molecular complexity index is 554. The summed E-state index contributed by atoms with van der Waals surface area (Å²) in [6.45, 7) is 1.90. The summed E-state index contributed by atoms with van der Waals surface area (Å²) in [5.74, 6) is 0.0885. The standard InChI is InChI=1S/C14H12FNOS/c1-10-6-11(8-16-7-10)14(17)9-18-13-4-2-12(15)3-5-13/h2-8H,9H2,1H3. The third-order valence-corrected chi connectivity index (χ3v) is 3.39. The molecule has 1 heterocycles. The molecule has 0 atom stereocenters. The Morgan fingerprint density at radius 2 is 2.00 bits per heavy atom. The Labute approximate surface area is 109 Å². The largest absolute Gasteiger partial charge is 0.293 e. The molecule has 0 aliphatic heterocycles. The summed E-state index contributed by atoms with van der Waals surface area (Å²) in [7, 11) is 0. The first-order chi connectivity index (χ1) is 8.65. The maximum atomic E-state index is 12.7. The van der Waals surface area contributed by atoms with Crippen LogP contribution in [-0.4, -0.2) is 16.5 Å². The van der Waals surface area contributed by atoms with Crippen LogP contribution in [0, 0.1) is 12.7 Å². The zero-order valence-corrected chi connectivity index (χ0v) is 10.7. The molecule has 0 saturated heterocycles. The number of nitrogens with zero attached hydrogens (tertiary/aromatic N) is 1. The van der Waals surface area contributed by atoms with Crippen LogP contribution in [0.3, 0.4) is 0 Å². The van der Waals surface area contributed by atoms with Gasteiger partial charge in [0.1, 0.15) is 5.82 Å². The topological polar surface area (TPSA) is 30.0 Å².